The molecule has 1 aliphatic heterocycles. The summed E-state index contributed by atoms with van der Waals surface area (Å²) >= 11 is 0. The van der Waals surface area contributed by atoms with Gasteiger partial charge in [0, 0.05) is 25.6 Å². The van der Waals surface area contributed by atoms with Gasteiger partial charge in [0.05, 0.1) is 12.0 Å². The molecule has 2 aliphatic rings. The van der Waals surface area contributed by atoms with Crippen molar-refractivity contribution in [3.8, 4) is 22.4 Å². The lowest BCUT2D eigenvalue weighted by Crippen LogP contribution is -2.37. The van der Waals surface area contributed by atoms with Gasteiger partial charge in [0.2, 0.25) is 5.91 Å². The van der Waals surface area contributed by atoms with Crippen molar-refractivity contribution in [3.63, 3.8) is 0 Å². The van der Waals surface area contributed by atoms with Crippen LogP contribution in [-0.4, -0.2) is 44.1 Å². The van der Waals surface area contributed by atoms with Gasteiger partial charge in [-0.3, -0.25) is 14.9 Å². The standard InChI is InChI=1S/C33H32N4O5/c1-21(23-6-4-3-5-7-23)42-32(41)35-30-29(34-28-20-36(22(2)38)18-19-37(28)30)26-10-8-24(9-11-26)25-12-14-27(15-13-25)33(16-17-33)31(39)40/h3-15,21H,16-20H2,1-2H3,(H,35,41)(H,39,40)/t21-/m1/s1. The predicted octanol–water partition coefficient (Wildman–Crippen LogP) is 6.01. The van der Waals surface area contributed by atoms with Crippen LogP contribution in [0.3, 0.4) is 0 Å². The molecule has 0 bridgehead atoms. The fraction of sp³-hybridized carbons (Fsp3) is 0.273. The first-order chi connectivity index (χ1) is 20.2. The van der Waals surface area contributed by atoms with Gasteiger partial charge in [0.15, 0.2) is 0 Å². The van der Waals surface area contributed by atoms with Crippen LogP contribution in [0.4, 0.5) is 10.6 Å². The van der Waals surface area contributed by atoms with E-state index in [1.54, 1.807) is 11.8 Å². The van der Waals surface area contributed by atoms with Crippen LogP contribution in [0.2, 0.25) is 0 Å². The number of imidazole rings is 1. The lowest BCUT2D eigenvalue weighted by Gasteiger charge is -2.27. The van der Waals surface area contributed by atoms with E-state index in [-0.39, 0.29) is 5.91 Å². The van der Waals surface area contributed by atoms with Crippen molar-refractivity contribution >= 4 is 23.8 Å². The monoisotopic (exact) mass is 564 g/mol. The maximum atomic E-state index is 13.0. The van der Waals surface area contributed by atoms with E-state index in [0.29, 0.717) is 49.8 Å². The summed E-state index contributed by atoms with van der Waals surface area (Å²) in [5.74, 6) is 0.420. The quantitative estimate of drug-likeness (QED) is 0.284. The zero-order valence-electron chi connectivity index (χ0n) is 23.5. The van der Waals surface area contributed by atoms with E-state index >= 15 is 0 Å². The summed E-state index contributed by atoms with van der Waals surface area (Å²) in [5, 5.41) is 12.5. The van der Waals surface area contributed by atoms with Crippen LogP contribution in [0.5, 0.6) is 0 Å². The Bertz CT molecular complexity index is 1640. The van der Waals surface area contributed by atoms with E-state index in [0.717, 1.165) is 27.8 Å². The molecule has 2 N–H and O–H groups in total. The number of amides is 2. The number of nitrogens with zero attached hydrogens (tertiary/aromatic N) is 3. The first-order valence-electron chi connectivity index (χ1n) is 14.1. The minimum Gasteiger partial charge on any atom is -0.481 e. The molecule has 214 valence electrons. The average molecular weight is 565 g/mol. The number of hydrogen-bond donors (Lipinski definition) is 2. The molecular weight excluding hydrogens is 532 g/mol. The first kappa shape index (κ1) is 27.3. The number of ether oxygens (including phenoxy) is 1. The second kappa shape index (κ2) is 10.8. The summed E-state index contributed by atoms with van der Waals surface area (Å²) in [4.78, 5) is 43.4. The van der Waals surface area contributed by atoms with Crippen molar-refractivity contribution in [1.82, 2.24) is 14.5 Å². The number of nitrogens with one attached hydrogen (secondary N) is 1. The number of carboxylic acid groups (broad SMARTS) is 1. The Morgan fingerprint density at radius 2 is 1.52 bits per heavy atom. The Morgan fingerprint density at radius 1 is 0.905 bits per heavy atom. The summed E-state index contributed by atoms with van der Waals surface area (Å²) in [6, 6.07) is 25.1. The summed E-state index contributed by atoms with van der Waals surface area (Å²) in [7, 11) is 0. The molecule has 0 spiro atoms. The van der Waals surface area contributed by atoms with Crippen LogP contribution in [0.15, 0.2) is 78.9 Å². The van der Waals surface area contributed by atoms with Crippen LogP contribution in [-0.2, 0) is 32.8 Å². The second-order valence-corrected chi connectivity index (χ2v) is 10.9. The SMILES string of the molecule is CC(=O)N1CCn2c(nc(-c3ccc(-c4ccc(C5(C(=O)O)CC5)cc4)cc3)c2NC(=O)O[C@H](C)c2ccccc2)C1. The van der Waals surface area contributed by atoms with Gasteiger partial charge in [-0.15, -0.1) is 0 Å². The number of carbonyl (C=O) groups excluding carboxylic acids is 2. The minimum atomic E-state index is -0.767. The van der Waals surface area contributed by atoms with Gasteiger partial charge in [-0.25, -0.2) is 9.78 Å². The largest absolute Gasteiger partial charge is 0.481 e. The van der Waals surface area contributed by atoms with Crippen LogP contribution in [0.1, 0.15) is 49.7 Å². The van der Waals surface area contributed by atoms with Gasteiger partial charge in [-0.1, -0.05) is 78.9 Å². The van der Waals surface area contributed by atoms with Gasteiger partial charge >= 0.3 is 12.1 Å². The third-order valence-electron chi connectivity index (χ3n) is 8.28. The van der Waals surface area contributed by atoms with Crippen molar-refractivity contribution in [2.24, 2.45) is 0 Å². The number of benzene rings is 3. The Morgan fingerprint density at radius 3 is 2.12 bits per heavy atom. The highest BCUT2D eigenvalue weighted by Gasteiger charge is 2.51. The van der Waals surface area contributed by atoms with Gasteiger partial charge < -0.3 is 19.3 Å². The molecule has 9 nitrogen and oxygen atoms in total. The summed E-state index contributed by atoms with van der Waals surface area (Å²) in [5.41, 5.74) is 4.35. The highest BCUT2D eigenvalue weighted by Crippen LogP contribution is 2.48. The van der Waals surface area contributed by atoms with Gasteiger partial charge in [0.25, 0.3) is 0 Å². The second-order valence-electron chi connectivity index (χ2n) is 10.9. The van der Waals surface area contributed by atoms with Crippen LogP contribution in [0.25, 0.3) is 22.4 Å². The van der Waals surface area contributed by atoms with E-state index in [1.807, 2.05) is 90.4 Å². The normalized spacial score (nSPS) is 15.8. The third-order valence-corrected chi connectivity index (χ3v) is 8.28. The van der Waals surface area contributed by atoms with Crippen molar-refractivity contribution < 1.29 is 24.2 Å². The van der Waals surface area contributed by atoms with E-state index in [4.69, 9.17) is 9.72 Å². The highest BCUT2D eigenvalue weighted by atomic mass is 16.6. The number of carboxylic acids is 1. The van der Waals surface area contributed by atoms with Crippen LogP contribution < -0.4 is 5.32 Å². The fourth-order valence-corrected chi connectivity index (χ4v) is 5.56. The predicted molar refractivity (Wildman–Crippen MR) is 158 cm³/mol. The Kier molecular flexibility index (Phi) is 7.02. The molecule has 1 aromatic heterocycles. The average Bonchev–Trinajstić information content (AvgIpc) is 3.75. The Labute approximate surface area is 243 Å². The lowest BCUT2D eigenvalue weighted by atomic mass is 9.93. The van der Waals surface area contributed by atoms with Crippen molar-refractivity contribution in [3.05, 3.63) is 95.8 Å². The first-order valence-corrected chi connectivity index (χ1v) is 14.1. The molecule has 0 unspecified atom stereocenters. The number of carbonyl (C=O) groups is 3. The molecule has 1 aliphatic carbocycles. The fourth-order valence-electron chi connectivity index (χ4n) is 5.56. The number of rotatable bonds is 7. The molecule has 1 fully saturated rings. The molecule has 6 rings (SSSR count). The molecule has 1 atom stereocenters. The Balaban J connectivity index is 1.27. The molecule has 2 amide bonds. The van der Waals surface area contributed by atoms with Gasteiger partial charge in [0.1, 0.15) is 23.4 Å². The number of hydrogen-bond acceptors (Lipinski definition) is 5. The number of aromatic nitrogens is 2. The molecule has 2 heterocycles. The number of fused-ring (bicyclic) bond motifs is 1. The van der Waals surface area contributed by atoms with Gasteiger partial charge in [-0.05, 0) is 42.0 Å². The summed E-state index contributed by atoms with van der Waals surface area (Å²) < 4.78 is 7.62. The minimum absolute atomic E-state index is 0.0252. The van der Waals surface area contributed by atoms with E-state index < -0.39 is 23.6 Å². The number of aliphatic carboxylic acids is 1. The maximum Gasteiger partial charge on any atom is 0.413 e. The Hall–Kier alpha value is -4.92. The highest BCUT2D eigenvalue weighted by molar-refractivity contribution is 5.90. The third kappa shape index (κ3) is 5.13. The van der Waals surface area contributed by atoms with E-state index in [1.165, 1.54) is 0 Å². The molecule has 3 aromatic carbocycles. The molecular formula is C33H32N4O5. The van der Waals surface area contributed by atoms with E-state index in [9.17, 15) is 19.5 Å². The zero-order chi connectivity index (χ0) is 29.4. The molecule has 9 heteroatoms. The zero-order valence-corrected chi connectivity index (χ0v) is 23.5. The van der Waals surface area contributed by atoms with E-state index in [2.05, 4.69) is 5.32 Å². The maximum absolute atomic E-state index is 13.0. The van der Waals surface area contributed by atoms with Crippen LogP contribution >= 0.6 is 0 Å². The lowest BCUT2D eigenvalue weighted by molar-refractivity contribution is -0.140. The summed E-state index contributed by atoms with van der Waals surface area (Å²) in [6.45, 7) is 4.72. The van der Waals surface area contributed by atoms with Crippen LogP contribution in [0, 0.1) is 0 Å². The van der Waals surface area contributed by atoms with Crippen molar-refractivity contribution in [1.29, 1.82) is 0 Å². The molecule has 4 aromatic rings. The summed E-state index contributed by atoms with van der Waals surface area (Å²) in [6.07, 6.45) is 0.313. The number of anilines is 1. The van der Waals surface area contributed by atoms with Crippen molar-refractivity contribution in [2.45, 2.75) is 51.3 Å². The molecule has 42 heavy (non-hydrogen) atoms. The molecule has 0 radical (unpaired) electrons. The van der Waals surface area contributed by atoms with Gasteiger partial charge in [-0.2, -0.15) is 0 Å². The smallest absolute Gasteiger partial charge is 0.413 e. The topological polar surface area (TPSA) is 114 Å². The molecule has 1 saturated carbocycles. The molecule has 0 saturated heterocycles. The van der Waals surface area contributed by atoms with Crippen molar-refractivity contribution in [2.75, 3.05) is 11.9 Å².